The van der Waals surface area contributed by atoms with Crippen molar-refractivity contribution in [3.8, 4) is 5.75 Å². The van der Waals surface area contributed by atoms with E-state index in [-0.39, 0.29) is 5.91 Å². The molecule has 1 aromatic heterocycles. The second-order valence-electron chi connectivity index (χ2n) is 5.22. The summed E-state index contributed by atoms with van der Waals surface area (Å²) in [5.41, 5.74) is 2.33. The van der Waals surface area contributed by atoms with E-state index in [1.807, 2.05) is 32.0 Å². The molecule has 0 radical (unpaired) electrons. The van der Waals surface area contributed by atoms with Gasteiger partial charge in [0.05, 0.1) is 0 Å². The molecule has 124 valence electrons. The first-order valence-corrected chi connectivity index (χ1v) is 9.31. The molecule has 1 N–H and O–H groups in total. The van der Waals surface area contributed by atoms with Crippen molar-refractivity contribution in [3.05, 3.63) is 29.3 Å². The van der Waals surface area contributed by atoms with Crippen LogP contribution in [-0.4, -0.2) is 28.0 Å². The largest absolute Gasteiger partial charge is 0.481 e. The monoisotopic (exact) mass is 351 g/mol. The fourth-order valence-electron chi connectivity index (χ4n) is 1.76. The van der Waals surface area contributed by atoms with Crippen molar-refractivity contribution in [2.75, 3.05) is 11.1 Å². The lowest BCUT2D eigenvalue weighted by molar-refractivity contribution is -0.122. The molecular weight excluding hydrogens is 330 g/mol. The van der Waals surface area contributed by atoms with Crippen LogP contribution in [0.5, 0.6) is 5.75 Å². The molecule has 2 rings (SSSR count). The minimum Gasteiger partial charge on any atom is -0.481 e. The molecule has 1 unspecified atom stereocenters. The Hall–Kier alpha value is -1.60. The lowest BCUT2D eigenvalue weighted by Gasteiger charge is -2.14. The highest BCUT2D eigenvalue weighted by molar-refractivity contribution is 8.01. The smallest absolute Gasteiger partial charge is 0.266 e. The summed E-state index contributed by atoms with van der Waals surface area (Å²) in [6, 6.07) is 5.79. The number of hydrogen-bond donors (Lipinski definition) is 1. The fraction of sp³-hybridized carbons (Fsp3) is 0.438. The lowest BCUT2D eigenvalue weighted by atomic mass is 10.1. The first-order valence-electron chi connectivity index (χ1n) is 7.50. The highest BCUT2D eigenvalue weighted by atomic mass is 32.2. The first kappa shape index (κ1) is 17.7. The third kappa shape index (κ3) is 5.21. The SMILES string of the molecule is CCCSc1nnc(NC(=O)C(C)Oc2ccc(C)c(C)c2)s1. The highest BCUT2D eigenvalue weighted by Crippen LogP contribution is 2.26. The van der Waals surface area contributed by atoms with Crippen LogP contribution in [0.1, 0.15) is 31.4 Å². The summed E-state index contributed by atoms with van der Waals surface area (Å²) in [5, 5.41) is 11.3. The normalized spacial score (nSPS) is 12.0. The lowest BCUT2D eigenvalue weighted by Crippen LogP contribution is -2.30. The Morgan fingerprint density at radius 1 is 1.35 bits per heavy atom. The third-order valence-corrected chi connectivity index (χ3v) is 5.40. The Kier molecular flexibility index (Phi) is 6.41. The van der Waals surface area contributed by atoms with Gasteiger partial charge in [-0.15, -0.1) is 10.2 Å². The molecule has 0 aliphatic rings. The summed E-state index contributed by atoms with van der Waals surface area (Å²) >= 11 is 3.03. The van der Waals surface area contributed by atoms with E-state index >= 15 is 0 Å². The van der Waals surface area contributed by atoms with E-state index in [4.69, 9.17) is 4.74 Å². The zero-order valence-electron chi connectivity index (χ0n) is 13.8. The van der Waals surface area contributed by atoms with E-state index in [1.165, 1.54) is 16.9 Å². The molecule has 1 amide bonds. The van der Waals surface area contributed by atoms with Crippen LogP contribution in [-0.2, 0) is 4.79 Å². The van der Waals surface area contributed by atoms with Crippen LogP contribution >= 0.6 is 23.1 Å². The van der Waals surface area contributed by atoms with Gasteiger partial charge in [0.1, 0.15) is 5.75 Å². The summed E-state index contributed by atoms with van der Waals surface area (Å²) in [5.74, 6) is 1.45. The summed E-state index contributed by atoms with van der Waals surface area (Å²) in [7, 11) is 0. The number of thioether (sulfide) groups is 1. The Balaban J connectivity index is 1.91. The van der Waals surface area contributed by atoms with Gasteiger partial charge in [-0.05, 0) is 50.5 Å². The van der Waals surface area contributed by atoms with Gasteiger partial charge in [-0.25, -0.2) is 0 Å². The topological polar surface area (TPSA) is 64.1 Å². The number of aryl methyl sites for hydroxylation is 2. The summed E-state index contributed by atoms with van der Waals surface area (Å²) in [6.45, 7) is 7.89. The average Bonchev–Trinajstić information content (AvgIpc) is 2.96. The standard InChI is InChI=1S/C16H21N3O2S2/c1-5-8-22-16-19-18-15(23-16)17-14(20)12(4)21-13-7-6-10(2)11(3)9-13/h6-7,9,12H,5,8H2,1-4H3,(H,17,18,20). The van der Waals surface area contributed by atoms with Crippen molar-refractivity contribution in [1.29, 1.82) is 0 Å². The number of aromatic nitrogens is 2. The van der Waals surface area contributed by atoms with Gasteiger partial charge in [-0.3, -0.25) is 10.1 Å². The van der Waals surface area contributed by atoms with Crippen LogP contribution < -0.4 is 10.1 Å². The minimum atomic E-state index is -0.604. The number of nitrogens with one attached hydrogen (secondary N) is 1. The van der Waals surface area contributed by atoms with Gasteiger partial charge in [0.25, 0.3) is 5.91 Å². The molecule has 0 spiro atoms. The zero-order valence-corrected chi connectivity index (χ0v) is 15.4. The molecule has 7 heteroatoms. The number of carbonyl (C=O) groups is 1. The Morgan fingerprint density at radius 2 is 2.13 bits per heavy atom. The maximum Gasteiger partial charge on any atom is 0.266 e. The third-order valence-electron chi connectivity index (χ3n) is 3.23. The molecule has 0 aliphatic heterocycles. The van der Waals surface area contributed by atoms with E-state index in [0.717, 1.165) is 22.1 Å². The highest BCUT2D eigenvalue weighted by Gasteiger charge is 2.17. The Bertz CT molecular complexity index is 673. The molecule has 2 aromatic rings. The molecule has 0 saturated heterocycles. The van der Waals surface area contributed by atoms with E-state index < -0.39 is 6.10 Å². The molecule has 23 heavy (non-hydrogen) atoms. The number of amides is 1. The molecular formula is C16H21N3O2S2. The van der Waals surface area contributed by atoms with E-state index in [1.54, 1.807) is 18.7 Å². The summed E-state index contributed by atoms with van der Waals surface area (Å²) in [4.78, 5) is 12.2. The number of anilines is 1. The number of carbonyl (C=O) groups excluding carboxylic acids is 1. The quantitative estimate of drug-likeness (QED) is 0.602. The van der Waals surface area contributed by atoms with Crippen LogP contribution in [0.4, 0.5) is 5.13 Å². The molecule has 0 fully saturated rings. The predicted octanol–water partition coefficient (Wildman–Crippen LogP) is 4.06. The second kappa shape index (κ2) is 8.31. The van der Waals surface area contributed by atoms with Crippen molar-refractivity contribution < 1.29 is 9.53 Å². The van der Waals surface area contributed by atoms with Gasteiger partial charge in [-0.2, -0.15) is 0 Å². The van der Waals surface area contributed by atoms with E-state index in [9.17, 15) is 4.79 Å². The maximum absolute atomic E-state index is 12.2. The first-order chi connectivity index (χ1) is 11.0. The van der Waals surface area contributed by atoms with Crippen LogP contribution in [0, 0.1) is 13.8 Å². The number of ether oxygens (including phenoxy) is 1. The molecule has 5 nitrogen and oxygen atoms in total. The molecule has 1 heterocycles. The molecule has 1 atom stereocenters. The molecule has 0 saturated carbocycles. The van der Waals surface area contributed by atoms with Gasteiger partial charge in [0.15, 0.2) is 10.4 Å². The summed E-state index contributed by atoms with van der Waals surface area (Å²) in [6.07, 6.45) is 0.472. The minimum absolute atomic E-state index is 0.230. The van der Waals surface area contributed by atoms with Gasteiger partial charge in [-0.1, -0.05) is 36.1 Å². The predicted molar refractivity (Wildman–Crippen MR) is 95.6 cm³/mol. The van der Waals surface area contributed by atoms with Crippen LogP contribution in [0.25, 0.3) is 0 Å². The van der Waals surface area contributed by atoms with Crippen molar-refractivity contribution >= 4 is 34.1 Å². The number of hydrogen-bond acceptors (Lipinski definition) is 6. The zero-order chi connectivity index (χ0) is 16.8. The fourth-order valence-corrected chi connectivity index (χ4v) is 3.44. The van der Waals surface area contributed by atoms with E-state index in [2.05, 4.69) is 22.4 Å². The Morgan fingerprint density at radius 3 is 2.83 bits per heavy atom. The van der Waals surface area contributed by atoms with Crippen molar-refractivity contribution in [2.45, 2.75) is 44.6 Å². The summed E-state index contributed by atoms with van der Waals surface area (Å²) < 4.78 is 6.56. The van der Waals surface area contributed by atoms with Crippen molar-refractivity contribution in [3.63, 3.8) is 0 Å². The van der Waals surface area contributed by atoms with Gasteiger partial charge < -0.3 is 4.74 Å². The van der Waals surface area contributed by atoms with Crippen LogP contribution in [0.3, 0.4) is 0 Å². The maximum atomic E-state index is 12.2. The van der Waals surface area contributed by atoms with Gasteiger partial charge in [0.2, 0.25) is 5.13 Å². The molecule has 0 aliphatic carbocycles. The average molecular weight is 351 g/mol. The van der Waals surface area contributed by atoms with Gasteiger partial charge >= 0.3 is 0 Å². The Labute approximate surface area is 144 Å². The van der Waals surface area contributed by atoms with Crippen LogP contribution in [0.15, 0.2) is 22.5 Å². The molecule has 1 aromatic carbocycles. The van der Waals surface area contributed by atoms with Gasteiger partial charge in [0, 0.05) is 5.75 Å². The van der Waals surface area contributed by atoms with E-state index in [0.29, 0.717) is 10.9 Å². The number of benzene rings is 1. The molecule has 0 bridgehead atoms. The van der Waals surface area contributed by atoms with Crippen molar-refractivity contribution in [2.24, 2.45) is 0 Å². The second-order valence-corrected chi connectivity index (χ2v) is 7.54. The number of nitrogens with zero attached hydrogens (tertiary/aromatic N) is 2. The van der Waals surface area contributed by atoms with Crippen molar-refractivity contribution in [1.82, 2.24) is 10.2 Å². The number of rotatable bonds is 7. The van der Waals surface area contributed by atoms with Crippen LogP contribution in [0.2, 0.25) is 0 Å².